The van der Waals surface area contributed by atoms with Crippen molar-refractivity contribution in [1.82, 2.24) is 10.2 Å². The van der Waals surface area contributed by atoms with Crippen LogP contribution in [0.2, 0.25) is 0 Å². The third-order valence-electron chi connectivity index (χ3n) is 4.53. The van der Waals surface area contributed by atoms with Gasteiger partial charge in [0.1, 0.15) is 0 Å². The molecule has 0 radical (unpaired) electrons. The standard InChI is InChI=1S/C18H26N2O3/c1-11(2)14-6-5-13-7-8-16(15(13)9-14)19-18(23)20(4)10-12(3)17(21)22/h5-6,9,11-12,16H,7-8,10H2,1-4H3,(H,19,23)(H,21,22). The number of carbonyl (C=O) groups is 2. The average molecular weight is 318 g/mol. The summed E-state index contributed by atoms with van der Waals surface area (Å²) in [6.07, 6.45) is 1.86. The molecule has 5 heteroatoms. The lowest BCUT2D eigenvalue weighted by Gasteiger charge is -2.23. The second-order valence-corrected chi connectivity index (χ2v) is 6.77. The van der Waals surface area contributed by atoms with Crippen LogP contribution in [0.25, 0.3) is 0 Å². The molecule has 5 nitrogen and oxygen atoms in total. The average Bonchev–Trinajstić information content (AvgIpc) is 2.89. The van der Waals surface area contributed by atoms with Gasteiger partial charge in [-0.1, -0.05) is 39.0 Å². The fourth-order valence-electron chi connectivity index (χ4n) is 2.96. The highest BCUT2D eigenvalue weighted by Gasteiger charge is 2.26. The van der Waals surface area contributed by atoms with Crippen LogP contribution in [0.1, 0.15) is 55.8 Å². The number of carbonyl (C=O) groups excluding carboxylic acids is 1. The Morgan fingerprint density at radius 3 is 2.65 bits per heavy atom. The van der Waals surface area contributed by atoms with Crippen LogP contribution < -0.4 is 5.32 Å². The molecule has 1 aliphatic rings. The molecule has 2 unspecified atom stereocenters. The number of carboxylic acid groups (broad SMARTS) is 1. The van der Waals surface area contributed by atoms with Crippen LogP contribution in [0, 0.1) is 5.92 Å². The van der Waals surface area contributed by atoms with E-state index in [1.54, 1.807) is 14.0 Å². The summed E-state index contributed by atoms with van der Waals surface area (Å²) in [6, 6.07) is 6.31. The van der Waals surface area contributed by atoms with E-state index < -0.39 is 11.9 Å². The lowest BCUT2D eigenvalue weighted by Crippen LogP contribution is -2.41. The smallest absolute Gasteiger partial charge is 0.317 e. The Morgan fingerprint density at radius 2 is 2.04 bits per heavy atom. The van der Waals surface area contributed by atoms with Gasteiger partial charge < -0.3 is 15.3 Å². The van der Waals surface area contributed by atoms with Crippen LogP contribution in [-0.2, 0) is 11.2 Å². The molecule has 1 aromatic carbocycles. The first-order valence-electron chi connectivity index (χ1n) is 8.16. The summed E-state index contributed by atoms with van der Waals surface area (Å²) in [4.78, 5) is 24.7. The SMILES string of the molecule is CC(CN(C)C(=O)NC1CCc2ccc(C(C)C)cc21)C(=O)O. The molecule has 23 heavy (non-hydrogen) atoms. The molecule has 0 fully saturated rings. The molecule has 0 aliphatic heterocycles. The van der Waals surface area contributed by atoms with Crippen LogP contribution in [0.4, 0.5) is 4.79 Å². The molecule has 2 rings (SSSR count). The van der Waals surface area contributed by atoms with Crippen molar-refractivity contribution in [3.05, 3.63) is 34.9 Å². The quantitative estimate of drug-likeness (QED) is 0.876. The van der Waals surface area contributed by atoms with Crippen molar-refractivity contribution >= 4 is 12.0 Å². The van der Waals surface area contributed by atoms with Crippen LogP contribution in [0.15, 0.2) is 18.2 Å². The van der Waals surface area contributed by atoms with Crippen LogP contribution in [0.3, 0.4) is 0 Å². The highest BCUT2D eigenvalue weighted by molar-refractivity contribution is 5.76. The fourth-order valence-corrected chi connectivity index (χ4v) is 2.96. The van der Waals surface area contributed by atoms with Crippen LogP contribution in [-0.4, -0.2) is 35.6 Å². The van der Waals surface area contributed by atoms with E-state index in [0.29, 0.717) is 5.92 Å². The summed E-state index contributed by atoms with van der Waals surface area (Å²) >= 11 is 0. The van der Waals surface area contributed by atoms with Crippen molar-refractivity contribution in [2.24, 2.45) is 5.92 Å². The molecule has 0 spiro atoms. The molecule has 0 bridgehead atoms. The number of benzene rings is 1. The zero-order chi connectivity index (χ0) is 17.1. The van der Waals surface area contributed by atoms with E-state index in [9.17, 15) is 9.59 Å². The van der Waals surface area contributed by atoms with E-state index in [1.807, 2.05) is 0 Å². The number of carboxylic acids is 1. The maximum atomic E-state index is 12.3. The first-order valence-corrected chi connectivity index (χ1v) is 8.16. The lowest BCUT2D eigenvalue weighted by atomic mass is 9.97. The Labute approximate surface area is 137 Å². The minimum atomic E-state index is -0.891. The summed E-state index contributed by atoms with van der Waals surface area (Å²) in [7, 11) is 1.63. The highest BCUT2D eigenvalue weighted by Crippen LogP contribution is 2.33. The Kier molecular flexibility index (Phi) is 5.29. The van der Waals surface area contributed by atoms with Crippen molar-refractivity contribution < 1.29 is 14.7 Å². The van der Waals surface area contributed by atoms with Crippen LogP contribution in [0.5, 0.6) is 0 Å². The van der Waals surface area contributed by atoms with Gasteiger partial charge in [0.2, 0.25) is 0 Å². The van der Waals surface area contributed by atoms with Crippen molar-refractivity contribution in [3.8, 4) is 0 Å². The van der Waals surface area contributed by atoms with Crippen LogP contribution >= 0.6 is 0 Å². The number of urea groups is 1. The number of aliphatic carboxylic acids is 1. The lowest BCUT2D eigenvalue weighted by molar-refractivity contribution is -0.141. The number of rotatable bonds is 5. The van der Waals surface area contributed by atoms with E-state index in [0.717, 1.165) is 12.8 Å². The molecule has 0 aromatic heterocycles. The maximum Gasteiger partial charge on any atom is 0.317 e. The third kappa shape index (κ3) is 4.03. The Bertz CT molecular complexity index is 598. The van der Waals surface area contributed by atoms with Gasteiger partial charge in [-0.15, -0.1) is 0 Å². The Hall–Kier alpha value is -2.04. The third-order valence-corrected chi connectivity index (χ3v) is 4.53. The number of aryl methyl sites for hydroxylation is 1. The first-order chi connectivity index (χ1) is 10.8. The molecule has 2 amide bonds. The number of nitrogens with zero attached hydrogens (tertiary/aromatic N) is 1. The number of hydrogen-bond acceptors (Lipinski definition) is 2. The van der Waals surface area contributed by atoms with Crippen molar-refractivity contribution in [2.45, 2.75) is 45.6 Å². The molecule has 1 aliphatic carbocycles. The van der Waals surface area contributed by atoms with Crippen molar-refractivity contribution in [1.29, 1.82) is 0 Å². The van der Waals surface area contributed by atoms with E-state index in [1.165, 1.54) is 21.6 Å². The van der Waals surface area contributed by atoms with Gasteiger partial charge in [0.05, 0.1) is 12.0 Å². The summed E-state index contributed by atoms with van der Waals surface area (Å²) < 4.78 is 0. The molecule has 0 heterocycles. The van der Waals surface area contributed by atoms with Gasteiger partial charge >= 0.3 is 12.0 Å². The fraction of sp³-hybridized carbons (Fsp3) is 0.556. The number of hydrogen-bond donors (Lipinski definition) is 2. The van der Waals surface area contributed by atoms with E-state index >= 15 is 0 Å². The minimum absolute atomic E-state index is 0.0128. The number of nitrogens with one attached hydrogen (secondary N) is 1. The molecule has 126 valence electrons. The normalized spacial score (nSPS) is 17.7. The summed E-state index contributed by atoms with van der Waals surface area (Å²) in [5.74, 6) is -1.01. The zero-order valence-corrected chi connectivity index (χ0v) is 14.3. The van der Waals surface area contributed by atoms with Crippen molar-refractivity contribution in [2.75, 3.05) is 13.6 Å². The number of fused-ring (bicyclic) bond motifs is 1. The first kappa shape index (κ1) is 17.3. The van der Waals surface area contributed by atoms with Gasteiger partial charge in [-0.2, -0.15) is 0 Å². The minimum Gasteiger partial charge on any atom is -0.481 e. The zero-order valence-electron chi connectivity index (χ0n) is 14.3. The van der Waals surface area contributed by atoms with Gasteiger partial charge in [-0.25, -0.2) is 4.79 Å². The van der Waals surface area contributed by atoms with E-state index in [-0.39, 0.29) is 18.6 Å². The van der Waals surface area contributed by atoms with Gasteiger partial charge in [0.15, 0.2) is 0 Å². The van der Waals surface area contributed by atoms with Gasteiger partial charge in [-0.05, 0) is 35.4 Å². The Morgan fingerprint density at radius 1 is 1.35 bits per heavy atom. The molecule has 2 N–H and O–H groups in total. The molecule has 0 saturated heterocycles. The maximum absolute atomic E-state index is 12.3. The summed E-state index contributed by atoms with van der Waals surface area (Å²) in [5.41, 5.74) is 3.77. The number of amides is 2. The second kappa shape index (κ2) is 7.02. The summed E-state index contributed by atoms with van der Waals surface area (Å²) in [6.45, 7) is 6.12. The van der Waals surface area contributed by atoms with E-state index in [4.69, 9.17) is 5.11 Å². The van der Waals surface area contributed by atoms with Gasteiger partial charge in [0.25, 0.3) is 0 Å². The second-order valence-electron chi connectivity index (χ2n) is 6.77. The Balaban J connectivity index is 2.04. The topological polar surface area (TPSA) is 69.6 Å². The molecular formula is C18H26N2O3. The highest BCUT2D eigenvalue weighted by atomic mass is 16.4. The predicted octanol–water partition coefficient (Wildman–Crippen LogP) is 3.16. The van der Waals surface area contributed by atoms with E-state index in [2.05, 4.69) is 37.4 Å². The molecule has 0 saturated carbocycles. The van der Waals surface area contributed by atoms with Gasteiger partial charge in [-0.3, -0.25) is 4.79 Å². The monoisotopic (exact) mass is 318 g/mol. The van der Waals surface area contributed by atoms with Crippen molar-refractivity contribution in [3.63, 3.8) is 0 Å². The molecular weight excluding hydrogens is 292 g/mol. The largest absolute Gasteiger partial charge is 0.481 e. The summed E-state index contributed by atoms with van der Waals surface area (Å²) in [5, 5.41) is 12.0. The molecule has 1 aromatic rings. The van der Waals surface area contributed by atoms with Gasteiger partial charge in [0, 0.05) is 13.6 Å². The molecule has 2 atom stereocenters. The predicted molar refractivity (Wildman–Crippen MR) is 89.6 cm³/mol.